The van der Waals surface area contributed by atoms with Crippen LogP contribution in [0.5, 0.6) is 5.88 Å². The zero-order valence-electron chi connectivity index (χ0n) is 9.29. The normalized spacial score (nSPS) is 17.9. The Labute approximate surface area is 101 Å². The summed E-state index contributed by atoms with van der Waals surface area (Å²) >= 11 is 5.65. The largest absolute Gasteiger partial charge is 0.478 e. The standard InChI is InChI=1S/C12H16ClN2O/c1-12(5-2-6-12)7-3-9-16-10-4-8-14-11(13)15-10/h4,8H,1-3,5-7,9H2. The van der Waals surface area contributed by atoms with E-state index < -0.39 is 0 Å². The van der Waals surface area contributed by atoms with Gasteiger partial charge in [0.25, 0.3) is 0 Å². The fourth-order valence-electron chi connectivity index (χ4n) is 1.95. The lowest BCUT2D eigenvalue weighted by atomic mass is 9.68. The summed E-state index contributed by atoms with van der Waals surface area (Å²) in [5.74, 6) is 0.548. The van der Waals surface area contributed by atoms with Crippen LogP contribution in [0.1, 0.15) is 32.1 Å². The van der Waals surface area contributed by atoms with Gasteiger partial charge in [-0.25, -0.2) is 4.98 Å². The Morgan fingerprint density at radius 3 is 2.94 bits per heavy atom. The van der Waals surface area contributed by atoms with E-state index >= 15 is 0 Å². The third kappa shape index (κ3) is 3.08. The molecule has 0 spiro atoms. The van der Waals surface area contributed by atoms with Gasteiger partial charge in [0.2, 0.25) is 11.2 Å². The van der Waals surface area contributed by atoms with Crippen molar-refractivity contribution in [2.45, 2.75) is 32.1 Å². The van der Waals surface area contributed by atoms with Crippen molar-refractivity contribution in [3.63, 3.8) is 0 Å². The Balaban J connectivity index is 1.68. The Kier molecular flexibility index (Phi) is 3.64. The van der Waals surface area contributed by atoms with E-state index in [0.29, 0.717) is 17.9 Å². The van der Waals surface area contributed by atoms with E-state index in [1.807, 2.05) is 0 Å². The van der Waals surface area contributed by atoms with Gasteiger partial charge in [0.1, 0.15) is 0 Å². The smallest absolute Gasteiger partial charge is 0.225 e. The zero-order chi connectivity index (χ0) is 11.4. The topological polar surface area (TPSA) is 35.0 Å². The van der Waals surface area contributed by atoms with E-state index in [1.165, 1.54) is 19.3 Å². The molecule has 1 aromatic heterocycles. The Morgan fingerprint density at radius 1 is 1.50 bits per heavy atom. The van der Waals surface area contributed by atoms with Crippen molar-refractivity contribution in [3.05, 3.63) is 24.5 Å². The summed E-state index contributed by atoms with van der Waals surface area (Å²) in [5.41, 5.74) is 0.326. The monoisotopic (exact) mass is 239 g/mol. The van der Waals surface area contributed by atoms with Gasteiger partial charge < -0.3 is 4.74 Å². The van der Waals surface area contributed by atoms with Crippen molar-refractivity contribution in [2.24, 2.45) is 5.41 Å². The fourth-order valence-corrected chi connectivity index (χ4v) is 2.09. The van der Waals surface area contributed by atoms with Crippen LogP contribution >= 0.6 is 11.6 Å². The lowest BCUT2D eigenvalue weighted by Crippen LogP contribution is -2.26. The van der Waals surface area contributed by atoms with E-state index in [1.54, 1.807) is 12.3 Å². The summed E-state index contributed by atoms with van der Waals surface area (Å²) in [5, 5.41) is 0.227. The summed E-state index contributed by atoms with van der Waals surface area (Å²) in [6, 6.07) is 1.72. The van der Waals surface area contributed by atoms with Crippen LogP contribution in [-0.4, -0.2) is 16.6 Å². The summed E-state index contributed by atoms with van der Waals surface area (Å²) in [6.45, 7) is 4.90. The SMILES string of the molecule is [CH2]C1(CCCOc2ccnc(Cl)n2)CCC1. The van der Waals surface area contributed by atoms with E-state index in [2.05, 4.69) is 16.9 Å². The van der Waals surface area contributed by atoms with Crippen LogP contribution in [0.25, 0.3) is 0 Å². The molecule has 16 heavy (non-hydrogen) atoms. The van der Waals surface area contributed by atoms with Crippen LogP contribution in [0.15, 0.2) is 12.3 Å². The maximum atomic E-state index is 5.65. The number of ether oxygens (including phenoxy) is 1. The highest BCUT2D eigenvalue weighted by Gasteiger charge is 2.30. The molecule has 87 valence electrons. The molecule has 0 saturated heterocycles. The molecule has 1 aliphatic rings. The second-order valence-electron chi connectivity index (χ2n) is 4.47. The van der Waals surface area contributed by atoms with Gasteiger partial charge in [0.15, 0.2) is 0 Å². The average molecular weight is 240 g/mol. The van der Waals surface area contributed by atoms with Gasteiger partial charge in [-0.2, -0.15) is 4.98 Å². The molecule has 0 aliphatic heterocycles. The van der Waals surface area contributed by atoms with Crippen LogP contribution in [0, 0.1) is 12.3 Å². The van der Waals surface area contributed by atoms with Gasteiger partial charge >= 0.3 is 0 Å². The molecule has 0 bridgehead atoms. The van der Waals surface area contributed by atoms with Crippen molar-refractivity contribution < 1.29 is 4.74 Å². The van der Waals surface area contributed by atoms with E-state index in [0.717, 1.165) is 12.8 Å². The molecule has 0 atom stereocenters. The minimum Gasteiger partial charge on any atom is -0.478 e. The molecule has 2 rings (SSSR count). The minimum atomic E-state index is 0.227. The zero-order valence-corrected chi connectivity index (χ0v) is 10.0. The Morgan fingerprint density at radius 2 is 2.31 bits per heavy atom. The van der Waals surface area contributed by atoms with Gasteiger partial charge in [-0.15, -0.1) is 0 Å². The molecule has 0 N–H and O–H groups in total. The molecule has 1 saturated carbocycles. The van der Waals surface area contributed by atoms with Crippen LogP contribution in [0.3, 0.4) is 0 Å². The first-order valence-corrected chi connectivity index (χ1v) is 6.02. The second kappa shape index (κ2) is 5.00. The first-order valence-electron chi connectivity index (χ1n) is 5.65. The molecular weight excluding hydrogens is 224 g/mol. The third-order valence-electron chi connectivity index (χ3n) is 3.12. The number of rotatable bonds is 5. The van der Waals surface area contributed by atoms with Crippen molar-refractivity contribution in [3.8, 4) is 5.88 Å². The van der Waals surface area contributed by atoms with Crippen LogP contribution in [-0.2, 0) is 0 Å². The number of halogens is 1. The van der Waals surface area contributed by atoms with Gasteiger partial charge in [-0.05, 0) is 49.6 Å². The molecular formula is C12H16ClN2O. The van der Waals surface area contributed by atoms with Crippen molar-refractivity contribution in [1.82, 2.24) is 9.97 Å². The predicted molar refractivity (Wildman–Crippen MR) is 63.4 cm³/mol. The molecule has 0 unspecified atom stereocenters. The highest BCUT2D eigenvalue weighted by atomic mass is 35.5. The van der Waals surface area contributed by atoms with Gasteiger partial charge in [0, 0.05) is 12.3 Å². The highest BCUT2D eigenvalue weighted by molar-refractivity contribution is 6.28. The molecule has 0 amide bonds. The predicted octanol–water partition coefficient (Wildman–Crippen LogP) is 3.29. The van der Waals surface area contributed by atoms with Crippen LogP contribution < -0.4 is 4.74 Å². The molecule has 4 heteroatoms. The Bertz CT molecular complexity index is 353. The van der Waals surface area contributed by atoms with E-state index in [-0.39, 0.29) is 5.28 Å². The molecule has 1 fully saturated rings. The summed E-state index contributed by atoms with van der Waals surface area (Å²) in [4.78, 5) is 7.75. The van der Waals surface area contributed by atoms with Crippen LogP contribution in [0.4, 0.5) is 0 Å². The summed E-state index contributed by atoms with van der Waals surface area (Å²) in [7, 11) is 0. The van der Waals surface area contributed by atoms with Gasteiger partial charge in [-0.1, -0.05) is 6.42 Å². The number of hydrogen-bond donors (Lipinski definition) is 0. The quantitative estimate of drug-likeness (QED) is 0.584. The molecule has 1 aliphatic carbocycles. The lowest BCUT2D eigenvalue weighted by Gasteiger charge is -2.38. The lowest BCUT2D eigenvalue weighted by molar-refractivity contribution is 0.163. The van der Waals surface area contributed by atoms with E-state index in [9.17, 15) is 0 Å². The Hall–Kier alpha value is -0.830. The average Bonchev–Trinajstić information content (AvgIpc) is 2.22. The molecule has 3 nitrogen and oxygen atoms in total. The summed E-state index contributed by atoms with van der Waals surface area (Å²) in [6.07, 6.45) is 7.58. The fraction of sp³-hybridized carbons (Fsp3) is 0.583. The maximum Gasteiger partial charge on any atom is 0.225 e. The second-order valence-corrected chi connectivity index (χ2v) is 4.81. The third-order valence-corrected chi connectivity index (χ3v) is 3.30. The van der Waals surface area contributed by atoms with Gasteiger partial charge in [0.05, 0.1) is 6.61 Å². The molecule has 0 aromatic carbocycles. The van der Waals surface area contributed by atoms with E-state index in [4.69, 9.17) is 16.3 Å². The highest BCUT2D eigenvalue weighted by Crippen LogP contribution is 2.43. The minimum absolute atomic E-state index is 0.227. The van der Waals surface area contributed by atoms with Gasteiger partial charge in [-0.3, -0.25) is 0 Å². The number of aromatic nitrogens is 2. The maximum absolute atomic E-state index is 5.65. The number of hydrogen-bond acceptors (Lipinski definition) is 3. The molecule has 1 aromatic rings. The van der Waals surface area contributed by atoms with Crippen molar-refractivity contribution >= 4 is 11.6 Å². The number of nitrogens with zero attached hydrogens (tertiary/aromatic N) is 2. The first-order chi connectivity index (χ1) is 7.68. The first kappa shape index (κ1) is 11.6. The van der Waals surface area contributed by atoms with Crippen molar-refractivity contribution in [1.29, 1.82) is 0 Å². The molecule has 1 heterocycles. The van der Waals surface area contributed by atoms with Crippen molar-refractivity contribution in [2.75, 3.05) is 6.61 Å². The molecule has 1 radical (unpaired) electrons. The van der Waals surface area contributed by atoms with Crippen LogP contribution in [0.2, 0.25) is 5.28 Å². The summed E-state index contributed by atoms with van der Waals surface area (Å²) < 4.78 is 5.49.